The van der Waals surface area contributed by atoms with Crippen molar-refractivity contribution in [3.63, 3.8) is 0 Å². The van der Waals surface area contributed by atoms with Crippen LogP contribution in [0.3, 0.4) is 0 Å². The summed E-state index contributed by atoms with van der Waals surface area (Å²) in [6.07, 6.45) is 2.42. The van der Waals surface area contributed by atoms with Crippen LogP contribution in [-0.2, 0) is 20.4 Å². The van der Waals surface area contributed by atoms with E-state index in [1.165, 1.54) is 0 Å². The van der Waals surface area contributed by atoms with Crippen LogP contribution in [0.15, 0.2) is 182 Å². The van der Waals surface area contributed by atoms with Gasteiger partial charge in [0.15, 0.2) is 0 Å². The van der Waals surface area contributed by atoms with Gasteiger partial charge < -0.3 is 10.6 Å². The predicted molar refractivity (Wildman–Crippen MR) is 196 cm³/mol. The molecule has 0 aliphatic heterocycles. The van der Waals surface area contributed by atoms with Crippen LogP contribution in [0, 0.1) is 0 Å². The smallest absolute Gasteiger partial charge is 0.239 e. The Hall–Kier alpha value is -5.74. The molecule has 6 aromatic carbocycles. The van der Waals surface area contributed by atoms with Crippen molar-refractivity contribution in [3.8, 4) is 0 Å². The number of hydrogen-bond acceptors (Lipinski definition) is 2. The van der Waals surface area contributed by atoms with Gasteiger partial charge in [-0.05, 0) is 52.6 Å². The molecule has 0 aromatic heterocycles. The van der Waals surface area contributed by atoms with E-state index in [1.807, 2.05) is 182 Å². The molecule has 0 radical (unpaired) electrons. The SMILES string of the molecule is O=C(N[C@@H]1CCC[C@H]1NC(=O)C(c1ccccc1)(c1ccccc1)c1ccccc1)C(c1ccccc1)(c1ccccc1)c1ccccc1. The molecule has 2 N–H and O–H groups in total. The number of nitrogens with one attached hydrogen (secondary N) is 2. The van der Waals surface area contributed by atoms with Crippen LogP contribution in [-0.4, -0.2) is 23.9 Å². The van der Waals surface area contributed by atoms with Gasteiger partial charge in [-0.3, -0.25) is 9.59 Å². The molecule has 6 aromatic rings. The summed E-state index contributed by atoms with van der Waals surface area (Å²) in [6.45, 7) is 0. The van der Waals surface area contributed by atoms with Gasteiger partial charge in [0.05, 0.1) is 0 Å². The first-order chi connectivity index (χ1) is 24.1. The number of benzene rings is 6. The van der Waals surface area contributed by atoms with E-state index in [0.717, 1.165) is 52.6 Å². The van der Waals surface area contributed by atoms with Crippen molar-refractivity contribution >= 4 is 11.8 Å². The van der Waals surface area contributed by atoms with E-state index in [0.29, 0.717) is 0 Å². The van der Waals surface area contributed by atoms with Gasteiger partial charge in [0.1, 0.15) is 10.8 Å². The number of hydrogen-bond donors (Lipinski definition) is 2. The summed E-state index contributed by atoms with van der Waals surface area (Å²) >= 11 is 0. The maximum atomic E-state index is 15.1. The first kappa shape index (κ1) is 31.8. The zero-order chi connectivity index (χ0) is 33.5. The molecule has 1 fully saturated rings. The zero-order valence-corrected chi connectivity index (χ0v) is 27.4. The quantitative estimate of drug-likeness (QED) is 0.148. The fourth-order valence-corrected chi connectivity index (χ4v) is 7.77. The number of amides is 2. The van der Waals surface area contributed by atoms with Gasteiger partial charge in [0.2, 0.25) is 11.8 Å². The molecule has 2 atom stereocenters. The minimum atomic E-state index is -1.09. The number of carbonyl (C=O) groups excluding carboxylic acids is 2. The van der Waals surface area contributed by atoms with Crippen molar-refractivity contribution in [1.82, 2.24) is 10.6 Å². The normalized spacial score (nSPS) is 16.1. The third kappa shape index (κ3) is 5.84. The minimum Gasteiger partial charge on any atom is -0.350 e. The molecule has 0 unspecified atom stereocenters. The van der Waals surface area contributed by atoms with Crippen LogP contribution in [0.25, 0.3) is 0 Å². The lowest BCUT2D eigenvalue weighted by Gasteiger charge is -2.38. The molecular formula is C45H40N2O2. The average Bonchev–Trinajstić information content (AvgIpc) is 3.60. The highest BCUT2D eigenvalue weighted by Gasteiger charge is 2.48. The Morgan fingerprint density at radius 3 is 0.776 bits per heavy atom. The molecule has 4 nitrogen and oxygen atoms in total. The molecule has 2 amide bonds. The van der Waals surface area contributed by atoms with Crippen molar-refractivity contribution in [2.24, 2.45) is 0 Å². The lowest BCUT2D eigenvalue weighted by Crippen LogP contribution is -2.57. The predicted octanol–water partition coefficient (Wildman–Crippen LogP) is 8.21. The van der Waals surface area contributed by atoms with E-state index in [9.17, 15) is 0 Å². The molecule has 7 rings (SSSR count). The largest absolute Gasteiger partial charge is 0.350 e. The fraction of sp³-hybridized carbons (Fsp3) is 0.156. The van der Waals surface area contributed by atoms with E-state index >= 15 is 9.59 Å². The molecule has 242 valence electrons. The number of carbonyl (C=O) groups is 2. The van der Waals surface area contributed by atoms with Crippen molar-refractivity contribution < 1.29 is 9.59 Å². The summed E-state index contributed by atoms with van der Waals surface area (Å²) < 4.78 is 0. The molecule has 0 heterocycles. The Morgan fingerprint density at radius 2 is 0.571 bits per heavy atom. The molecule has 0 bridgehead atoms. The van der Waals surface area contributed by atoms with Crippen molar-refractivity contribution in [2.45, 2.75) is 42.2 Å². The Kier molecular flexibility index (Phi) is 9.21. The van der Waals surface area contributed by atoms with Crippen molar-refractivity contribution in [2.75, 3.05) is 0 Å². The summed E-state index contributed by atoms with van der Waals surface area (Å²) in [6, 6.07) is 59.5. The topological polar surface area (TPSA) is 58.2 Å². The van der Waals surface area contributed by atoms with E-state index in [-0.39, 0.29) is 23.9 Å². The molecule has 1 saturated carbocycles. The average molecular weight is 641 g/mol. The first-order valence-corrected chi connectivity index (χ1v) is 17.1. The van der Waals surface area contributed by atoms with Crippen LogP contribution in [0.5, 0.6) is 0 Å². The molecule has 49 heavy (non-hydrogen) atoms. The highest BCUT2D eigenvalue weighted by Crippen LogP contribution is 2.42. The zero-order valence-electron chi connectivity index (χ0n) is 27.4. The molecule has 0 spiro atoms. The van der Waals surface area contributed by atoms with E-state index in [4.69, 9.17) is 0 Å². The van der Waals surface area contributed by atoms with Gasteiger partial charge in [-0.1, -0.05) is 182 Å². The Morgan fingerprint density at radius 1 is 0.367 bits per heavy atom. The van der Waals surface area contributed by atoms with Crippen LogP contribution in [0.4, 0.5) is 0 Å². The van der Waals surface area contributed by atoms with Gasteiger partial charge in [0.25, 0.3) is 0 Å². The van der Waals surface area contributed by atoms with E-state index in [2.05, 4.69) is 10.6 Å². The fourth-order valence-electron chi connectivity index (χ4n) is 7.77. The van der Waals surface area contributed by atoms with E-state index in [1.54, 1.807) is 0 Å². The van der Waals surface area contributed by atoms with Gasteiger partial charge in [-0.2, -0.15) is 0 Å². The second-order valence-corrected chi connectivity index (χ2v) is 12.8. The van der Waals surface area contributed by atoms with Crippen LogP contribution in [0.2, 0.25) is 0 Å². The lowest BCUT2D eigenvalue weighted by atomic mass is 9.68. The molecule has 4 heteroatoms. The third-order valence-corrected chi connectivity index (χ3v) is 10.1. The second kappa shape index (κ2) is 14.2. The van der Waals surface area contributed by atoms with Crippen LogP contribution >= 0.6 is 0 Å². The summed E-state index contributed by atoms with van der Waals surface area (Å²) in [5.41, 5.74) is 3.14. The van der Waals surface area contributed by atoms with Crippen molar-refractivity contribution in [3.05, 3.63) is 215 Å². The lowest BCUT2D eigenvalue weighted by molar-refractivity contribution is -0.127. The highest BCUT2D eigenvalue weighted by molar-refractivity contribution is 5.98. The van der Waals surface area contributed by atoms with Gasteiger partial charge in [-0.15, -0.1) is 0 Å². The molecule has 1 aliphatic carbocycles. The van der Waals surface area contributed by atoms with Crippen LogP contribution < -0.4 is 10.6 Å². The Bertz CT molecular complexity index is 1630. The molecule has 1 aliphatic rings. The first-order valence-electron chi connectivity index (χ1n) is 17.1. The standard InChI is InChI=1S/C45H40N2O2/c48-42(44(34-20-7-1-8-21-34,35-22-9-2-10-23-35)36-24-11-3-12-25-36)46-40-32-19-33-41(40)47-43(49)45(37-26-13-4-14-27-37,38-28-15-5-16-29-38)39-30-17-6-18-31-39/h1-18,20-31,40-41H,19,32-33H2,(H,46,48)(H,47,49)/t40-,41-/m1/s1. The Labute approximate surface area is 288 Å². The monoisotopic (exact) mass is 640 g/mol. The molecule has 0 saturated heterocycles. The van der Waals surface area contributed by atoms with Gasteiger partial charge >= 0.3 is 0 Å². The summed E-state index contributed by atoms with van der Waals surface area (Å²) in [4.78, 5) is 30.2. The Balaban J connectivity index is 1.28. The van der Waals surface area contributed by atoms with Crippen molar-refractivity contribution in [1.29, 1.82) is 0 Å². The second-order valence-electron chi connectivity index (χ2n) is 12.8. The minimum absolute atomic E-state index is 0.109. The third-order valence-electron chi connectivity index (χ3n) is 10.1. The van der Waals surface area contributed by atoms with Gasteiger partial charge in [0, 0.05) is 12.1 Å². The maximum Gasteiger partial charge on any atom is 0.239 e. The highest BCUT2D eigenvalue weighted by atomic mass is 16.2. The molecular weight excluding hydrogens is 601 g/mol. The maximum absolute atomic E-state index is 15.1. The van der Waals surface area contributed by atoms with E-state index < -0.39 is 10.8 Å². The summed E-state index contributed by atoms with van der Waals surface area (Å²) in [5.74, 6) is -0.217. The number of rotatable bonds is 10. The summed E-state index contributed by atoms with van der Waals surface area (Å²) in [5, 5.41) is 6.98. The van der Waals surface area contributed by atoms with Gasteiger partial charge in [-0.25, -0.2) is 0 Å². The summed E-state index contributed by atoms with van der Waals surface area (Å²) in [7, 11) is 0. The van der Waals surface area contributed by atoms with Crippen LogP contribution in [0.1, 0.15) is 52.6 Å².